The lowest BCUT2D eigenvalue weighted by Gasteiger charge is -2.04. The van der Waals surface area contributed by atoms with Crippen LogP contribution in [0.25, 0.3) is 0 Å². The average molecular weight is 311 g/mol. The van der Waals surface area contributed by atoms with Gasteiger partial charge in [0.1, 0.15) is 0 Å². The van der Waals surface area contributed by atoms with Gasteiger partial charge in [0.25, 0.3) is 6.20 Å². The minimum Gasteiger partial charge on any atom is -0.345 e. The smallest absolute Gasteiger partial charge is 0.305 e. The normalized spacial score (nSPS) is 10.1. The summed E-state index contributed by atoms with van der Waals surface area (Å²) >= 11 is 3.30. The molecule has 0 radical (unpaired) electrons. The number of rotatable bonds is 3. The Morgan fingerprint density at radius 2 is 1.94 bits per heavy atom. The second-order valence-corrected chi connectivity index (χ2v) is 4.43. The molecule has 0 aliphatic rings. The molecule has 0 spiro atoms. The molecule has 0 bridgehead atoms. The van der Waals surface area contributed by atoms with Crippen LogP contribution < -0.4 is 10.0 Å². The van der Waals surface area contributed by atoms with Gasteiger partial charge in [0.2, 0.25) is 6.20 Å². The number of hydrogen-bond donors (Lipinski definition) is 2. The monoisotopic (exact) mass is 310 g/mol. The van der Waals surface area contributed by atoms with Crippen LogP contribution in [0.3, 0.4) is 0 Å². The Balaban J connectivity index is 2.35. The van der Waals surface area contributed by atoms with Gasteiger partial charge in [-0.25, -0.2) is 0 Å². The molecule has 92 valence electrons. The zero-order valence-corrected chi connectivity index (χ0v) is 10.7. The number of nitrogens with one attached hydrogen (secondary N) is 1. The first kappa shape index (κ1) is 12.3. The third kappa shape index (κ3) is 2.75. The van der Waals surface area contributed by atoms with Gasteiger partial charge in [0.05, 0.1) is 11.0 Å². The van der Waals surface area contributed by atoms with E-state index in [1.54, 1.807) is 12.1 Å². The lowest BCUT2D eigenvalue weighted by Crippen LogP contribution is -2.29. The fourth-order valence-electron chi connectivity index (χ4n) is 1.42. The molecular formula is C11H9BrN3O3+. The third-order valence-electron chi connectivity index (χ3n) is 2.24. The van der Waals surface area contributed by atoms with Crippen molar-refractivity contribution in [2.24, 2.45) is 0 Å². The van der Waals surface area contributed by atoms with Crippen molar-refractivity contribution < 1.29 is 14.9 Å². The van der Waals surface area contributed by atoms with Crippen molar-refractivity contribution in [3.8, 4) is 0 Å². The zero-order chi connectivity index (χ0) is 13.1. The van der Waals surface area contributed by atoms with E-state index < -0.39 is 4.92 Å². The molecule has 1 heterocycles. The van der Waals surface area contributed by atoms with Crippen molar-refractivity contribution in [1.29, 1.82) is 0 Å². The molecule has 0 unspecified atom stereocenters. The van der Waals surface area contributed by atoms with Crippen molar-refractivity contribution in [3.63, 3.8) is 0 Å². The molecule has 0 saturated heterocycles. The lowest BCUT2D eigenvalue weighted by atomic mass is 10.3. The lowest BCUT2D eigenvalue weighted by molar-refractivity contribution is -0.904. The molecule has 0 aliphatic heterocycles. The third-order valence-corrected chi connectivity index (χ3v) is 2.77. The summed E-state index contributed by atoms with van der Waals surface area (Å²) in [5.41, 5.74) is 0.794. The van der Waals surface area contributed by atoms with Crippen LogP contribution in [-0.4, -0.2) is 10.1 Å². The minimum atomic E-state index is -0.513. The SMILES string of the molecule is O=[N+]([O-])c1cc[n+](O)cc1Nc1ccc(Br)cc1. The summed E-state index contributed by atoms with van der Waals surface area (Å²) in [4.78, 5) is 10.3. The molecule has 0 aliphatic carbocycles. The highest BCUT2D eigenvalue weighted by atomic mass is 79.9. The molecule has 2 aromatic rings. The maximum atomic E-state index is 10.8. The minimum absolute atomic E-state index is 0.108. The van der Waals surface area contributed by atoms with E-state index in [2.05, 4.69) is 21.2 Å². The van der Waals surface area contributed by atoms with Crippen LogP contribution in [0.1, 0.15) is 0 Å². The number of nitro groups is 1. The van der Waals surface area contributed by atoms with Gasteiger partial charge < -0.3 is 5.32 Å². The first-order chi connectivity index (χ1) is 8.56. The van der Waals surface area contributed by atoms with Crippen LogP contribution >= 0.6 is 15.9 Å². The molecule has 0 saturated carbocycles. The second kappa shape index (κ2) is 5.01. The van der Waals surface area contributed by atoms with Crippen LogP contribution in [0.5, 0.6) is 0 Å². The molecular weight excluding hydrogens is 302 g/mol. The van der Waals surface area contributed by atoms with E-state index in [4.69, 9.17) is 0 Å². The summed E-state index contributed by atoms with van der Waals surface area (Å²) in [5.74, 6) is 0. The number of pyridine rings is 1. The first-order valence-corrected chi connectivity index (χ1v) is 5.77. The van der Waals surface area contributed by atoms with Gasteiger partial charge in [0.15, 0.2) is 5.69 Å². The number of anilines is 2. The van der Waals surface area contributed by atoms with Crippen molar-refractivity contribution in [2.75, 3.05) is 5.32 Å². The largest absolute Gasteiger partial charge is 0.345 e. The average Bonchev–Trinajstić information content (AvgIpc) is 2.32. The summed E-state index contributed by atoms with van der Waals surface area (Å²) in [7, 11) is 0. The summed E-state index contributed by atoms with van der Waals surface area (Å²) in [6, 6.07) is 8.38. The molecule has 2 rings (SSSR count). The second-order valence-electron chi connectivity index (χ2n) is 3.51. The van der Waals surface area contributed by atoms with Crippen molar-refractivity contribution in [1.82, 2.24) is 0 Å². The quantitative estimate of drug-likeness (QED) is 0.395. The van der Waals surface area contributed by atoms with E-state index in [-0.39, 0.29) is 11.4 Å². The summed E-state index contributed by atoms with van der Waals surface area (Å²) in [6.45, 7) is 0. The predicted molar refractivity (Wildman–Crippen MR) is 67.9 cm³/mol. The Kier molecular flexibility index (Phi) is 3.42. The van der Waals surface area contributed by atoms with E-state index in [1.807, 2.05) is 12.1 Å². The Hall–Kier alpha value is -2.15. The molecule has 2 N–H and O–H groups in total. The molecule has 18 heavy (non-hydrogen) atoms. The van der Waals surface area contributed by atoms with Crippen LogP contribution in [-0.2, 0) is 0 Å². The molecule has 0 fully saturated rings. The van der Waals surface area contributed by atoms with Gasteiger partial charge in [-0.2, -0.15) is 0 Å². The Morgan fingerprint density at radius 1 is 1.28 bits per heavy atom. The molecule has 0 atom stereocenters. The fraction of sp³-hybridized carbons (Fsp3) is 0. The highest BCUT2D eigenvalue weighted by Crippen LogP contribution is 2.26. The highest BCUT2D eigenvalue weighted by Gasteiger charge is 2.18. The standard InChI is InChI=1S/C11H9BrN3O3/c12-8-1-3-9(4-2-8)13-10-7-14(16)6-5-11(10)15(17)18/h1-7,13,16H/q+1. The molecule has 1 aromatic carbocycles. The summed E-state index contributed by atoms with van der Waals surface area (Å²) in [6.07, 6.45) is 2.44. The maximum absolute atomic E-state index is 10.8. The molecule has 7 heteroatoms. The predicted octanol–water partition coefficient (Wildman–Crippen LogP) is 2.63. The van der Waals surface area contributed by atoms with Crippen molar-refractivity contribution in [2.45, 2.75) is 0 Å². The number of aromatic nitrogens is 1. The van der Waals surface area contributed by atoms with E-state index >= 15 is 0 Å². The van der Waals surface area contributed by atoms with E-state index in [1.165, 1.54) is 18.5 Å². The van der Waals surface area contributed by atoms with E-state index in [9.17, 15) is 15.3 Å². The Bertz CT molecular complexity index is 587. The van der Waals surface area contributed by atoms with Gasteiger partial charge in [-0.15, -0.1) is 0 Å². The Morgan fingerprint density at radius 3 is 2.56 bits per heavy atom. The molecule has 6 nitrogen and oxygen atoms in total. The van der Waals surface area contributed by atoms with Gasteiger partial charge in [-0.3, -0.25) is 15.3 Å². The number of benzene rings is 1. The van der Waals surface area contributed by atoms with E-state index in [0.29, 0.717) is 5.69 Å². The Labute approximate surface area is 111 Å². The van der Waals surface area contributed by atoms with Gasteiger partial charge in [-0.1, -0.05) is 15.9 Å². The number of hydrogen-bond acceptors (Lipinski definition) is 4. The summed E-state index contributed by atoms with van der Waals surface area (Å²) in [5, 5.41) is 23.0. The molecule has 0 amide bonds. The number of halogens is 1. The highest BCUT2D eigenvalue weighted by molar-refractivity contribution is 9.10. The van der Waals surface area contributed by atoms with E-state index in [0.717, 1.165) is 9.20 Å². The van der Waals surface area contributed by atoms with Crippen molar-refractivity contribution in [3.05, 3.63) is 57.3 Å². The summed E-state index contributed by atoms with van der Waals surface area (Å²) < 4.78 is 1.67. The van der Waals surface area contributed by atoms with Gasteiger partial charge in [-0.05, 0) is 24.3 Å². The van der Waals surface area contributed by atoms with Crippen LogP contribution in [0.2, 0.25) is 0 Å². The molecule has 1 aromatic heterocycles. The zero-order valence-electron chi connectivity index (χ0n) is 9.08. The van der Waals surface area contributed by atoms with Crippen LogP contribution in [0, 0.1) is 10.1 Å². The van der Waals surface area contributed by atoms with Crippen LogP contribution in [0.4, 0.5) is 17.1 Å². The first-order valence-electron chi connectivity index (χ1n) is 4.98. The van der Waals surface area contributed by atoms with Crippen LogP contribution in [0.15, 0.2) is 47.2 Å². The van der Waals surface area contributed by atoms with Gasteiger partial charge >= 0.3 is 5.69 Å². The topological polar surface area (TPSA) is 79.3 Å². The van der Waals surface area contributed by atoms with Crippen molar-refractivity contribution >= 4 is 33.0 Å². The maximum Gasteiger partial charge on any atom is 0.305 e. The fourth-order valence-corrected chi connectivity index (χ4v) is 1.69. The van der Waals surface area contributed by atoms with Gasteiger partial charge in [0, 0.05) is 14.9 Å². The number of nitrogens with zero attached hydrogens (tertiary/aromatic N) is 2.